The van der Waals surface area contributed by atoms with E-state index in [-0.39, 0.29) is 5.41 Å². The predicted octanol–water partition coefficient (Wildman–Crippen LogP) is 3.24. The molecule has 1 aromatic rings. The monoisotopic (exact) mass is 261 g/mol. The third-order valence-corrected chi connectivity index (χ3v) is 3.17. The van der Waals surface area contributed by atoms with E-state index in [1.807, 2.05) is 6.08 Å². The highest BCUT2D eigenvalue weighted by molar-refractivity contribution is 5.43. The number of hydrogen-bond acceptors (Lipinski definition) is 3. The molecule has 0 spiro atoms. The van der Waals surface area contributed by atoms with Gasteiger partial charge in [0, 0.05) is 31.2 Å². The molecule has 106 valence electrons. The van der Waals surface area contributed by atoms with Crippen LogP contribution in [0.25, 0.3) is 0 Å². The lowest BCUT2D eigenvalue weighted by atomic mass is 9.90. The van der Waals surface area contributed by atoms with Crippen LogP contribution >= 0.6 is 0 Å². The van der Waals surface area contributed by atoms with Crippen molar-refractivity contribution in [3.05, 3.63) is 36.0 Å². The number of hydrogen-bond donors (Lipinski definition) is 1. The zero-order chi connectivity index (χ0) is 14.5. The van der Waals surface area contributed by atoms with Crippen molar-refractivity contribution >= 4 is 5.82 Å². The van der Waals surface area contributed by atoms with Gasteiger partial charge in [-0.15, -0.1) is 6.58 Å². The minimum atomic E-state index is 0.0435. The van der Waals surface area contributed by atoms with Crippen molar-refractivity contribution in [1.82, 2.24) is 4.98 Å². The number of pyridine rings is 1. The Balaban J connectivity index is 2.96. The molecule has 0 unspecified atom stereocenters. The number of allylic oxidation sites excluding steroid dienone is 1. The average Bonchev–Trinajstić information content (AvgIpc) is 2.37. The molecular formula is C16H27N3. The Labute approximate surface area is 117 Å². The van der Waals surface area contributed by atoms with Crippen molar-refractivity contribution in [1.29, 1.82) is 0 Å². The van der Waals surface area contributed by atoms with Gasteiger partial charge in [-0.3, -0.25) is 0 Å². The van der Waals surface area contributed by atoms with Crippen LogP contribution in [0.15, 0.2) is 24.8 Å². The fourth-order valence-electron chi connectivity index (χ4n) is 1.86. The summed E-state index contributed by atoms with van der Waals surface area (Å²) in [7, 11) is 2.08. The van der Waals surface area contributed by atoms with E-state index in [0.717, 1.165) is 36.5 Å². The Kier molecular flexibility index (Phi) is 5.55. The Morgan fingerprint density at radius 2 is 2.05 bits per heavy atom. The first-order valence-electron chi connectivity index (χ1n) is 6.92. The molecule has 0 amide bonds. The molecule has 0 aliphatic rings. The van der Waals surface area contributed by atoms with E-state index in [9.17, 15) is 0 Å². The van der Waals surface area contributed by atoms with E-state index in [4.69, 9.17) is 10.7 Å². The molecule has 19 heavy (non-hydrogen) atoms. The van der Waals surface area contributed by atoms with Crippen LogP contribution in [-0.2, 0) is 12.0 Å². The minimum absolute atomic E-state index is 0.0435. The third kappa shape index (κ3) is 4.67. The van der Waals surface area contributed by atoms with Crippen LogP contribution in [0.1, 0.15) is 44.9 Å². The summed E-state index contributed by atoms with van der Waals surface area (Å²) in [5, 5.41) is 0. The molecule has 0 aromatic carbocycles. The Morgan fingerprint density at radius 3 is 2.58 bits per heavy atom. The SMILES string of the molecule is C=CCCCN(C)c1cc(CN)cc(C(C)(C)C)n1. The number of nitrogens with zero attached hydrogens (tertiary/aromatic N) is 2. The highest BCUT2D eigenvalue weighted by Crippen LogP contribution is 2.24. The summed E-state index contributed by atoms with van der Waals surface area (Å²) in [5.74, 6) is 1.01. The van der Waals surface area contributed by atoms with Crippen LogP contribution in [0, 0.1) is 0 Å². The van der Waals surface area contributed by atoms with Crippen molar-refractivity contribution < 1.29 is 0 Å². The van der Waals surface area contributed by atoms with Gasteiger partial charge in [-0.1, -0.05) is 26.8 Å². The van der Waals surface area contributed by atoms with E-state index in [1.54, 1.807) is 0 Å². The Morgan fingerprint density at radius 1 is 1.37 bits per heavy atom. The maximum atomic E-state index is 5.79. The van der Waals surface area contributed by atoms with Crippen molar-refractivity contribution in [2.75, 3.05) is 18.5 Å². The summed E-state index contributed by atoms with van der Waals surface area (Å²) >= 11 is 0. The molecule has 0 saturated carbocycles. The molecule has 0 bridgehead atoms. The largest absolute Gasteiger partial charge is 0.360 e. The topological polar surface area (TPSA) is 42.1 Å². The second kappa shape index (κ2) is 6.71. The van der Waals surface area contributed by atoms with Gasteiger partial charge < -0.3 is 10.6 Å². The van der Waals surface area contributed by atoms with E-state index < -0.39 is 0 Å². The van der Waals surface area contributed by atoms with E-state index >= 15 is 0 Å². The van der Waals surface area contributed by atoms with Crippen LogP contribution in [0.5, 0.6) is 0 Å². The average molecular weight is 261 g/mol. The lowest BCUT2D eigenvalue weighted by molar-refractivity contribution is 0.567. The lowest BCUT2D eigenvalue weighted by Crippen LogP contribution is -2.23. The maximum absolute atomic E-state index is 5.79. The Bertz CT molecular complexity index is 418. The molecule has 1 rings (SSSR count). The van der Waals surface area contributed by atoms with Gasteiger partial charge in [-0.05, 0) is 30.5 Å². The number of anilines is 1. The smallest absolute Gasteiger partial charge is 0.128 e. The van der Waals surface area contributed by atoms with Gasteiger partial charge >= 0.3 is 0 Å². The van der Waals surface area contributed by atoms with Crippen LogP contribution < -0.4 is 10.6 Å². The summed E-state index contributed by atoms with van der Waals surface area (Å²) < 4.78 is 0. The molecule has 0 saturated heterocycles. The van der Waals surface area contributed by atoms with E-state index in [0.29, 0.717) is 6.54 Å². The third-order valence-electron chi connectivity index (χ3n) is 3.17. The quantitative estimate of drug-likeness (QED) is 0.631. The Hall–Kier alpha value is -1.35. The van der Waals surface area contributed by atoms with E-state index in [2.05, 4.69) is 51.4 Å². The molecule has 3 heteroatoms. The van der Waals surface area contributed by atoms with Gasteiger partial charge in [-0.2, -0.15) is 0 Å². The second-order valence-electron chi connectivity index (χ2n) is 6.03. The molecule has 3 nitrogen and oxygen atoms in total. The molecule has 2 N–H and O–H groups in total. The molecule has 0 fully saturated rings. The van der Waals surface area contributed by atoms with Crippen molar-refractivity contribution in [3.8, 4) is 0 Å². The zero-order valence-corrected chi connectivity index (χ0v) is 12.7. The summed E-state index contributed by atoms with van der Waals surface area (Å²) in [6.07, 6.45) is 4.09. The van der Waals surface area contributed by atoms with Gasteiger partial charge in [0.05, 0.1) is 0 Å². The first-order chi connectivity index (χ1) is 8.88. The molecule has 1 heterocycles. The zero-order valence-electron chi connectivity index (χ0n) is 12.7. The molecule has 1 aromatic heterocycles. The van der Waals surface area contributed by atoms with Crippen LogP contribution in [-0.4, -0.2) is 18.6 Å². The van der Waals surface area contributed by atoms with Gasteiger partial charge in [0.15, 0.2) is 0 Å². The van der Waals surface area contributed by atoms with E-state index in [1.165, 1.54) is 0 Å². The first-order valence-corrected chi connectivity index (χ1v) is 6.92. The summed E-state index contributed by atoms with van der Waals surface area (Å²) in [5.41, 5.74) is 8.08. The number of aromatic nitrogens is 1. The standard InChI is InChI=1S/C16H27N3/c1-6-7-8-9-19(5)15-11-13(12-17)10-14(18-15)16(2,3)4/h6,10-11H,1,7-9,12,17H2,2-5H3. The van der Waals surface area contributed by atoms with Crippen LogP contribution in [0.3, 0.4) is 0 Å². The van der Waals surface area contributed by atoms with Crippen molar-refractivity contribution in [2.45, 2.75) is 45.6 Å². The second-order valence-corrected chi connectivity index (χ2v) is 6.03. The normalized spacial score (nSPS) is 11.4. The summed E-state index contributed by atoms with van der Waals surface area (Å²) in [6, 6.07) is 4.20. The van der Waals surface area contributed by atoms with Crippen molar-refractivity contribution in [3.63, 3.8) is 0 Å². The molecule has 0 radical (unpaired) electrons. The maximum Gasteiger partial charge on any atom is 0.128 e. The fourth-order valence-corrected chi connectivity index (χ4v) is 1.86. The number of rotatable bonds is 6. The summed E-state index contributed by atoms with van der Waals surface area (Å²) in [4.78, 5) is 6.97. The highest BCUT2D eigenvalue weighted by atomic mass is 15.2. The minimum Gasteiger partial charge on any atom is -0.360 e. The molecule has 0 aliphatic heterocycles. The number of nitrogens with two attached hydrogens (primary N) is 1. The van der Waals surface area contributed by atoms with Gasteiger partial charge in [0.25, 0.3) is 0 Å². The summed E-state index contributed by atoms with van der Waals surface area (Å²) in [6.45, 7) is 11.8. The van der Waals surface area contributed by atoms with Gasteiger partial charge in [0.1, 0.15) is 5.82 Å². The van der Waals surface area contributed by atoms with Gasteiger partial charge in [-0.25, -0.2) is 4.98 Å². The molecule has 0 atom stereocenters. The lowest BCUT2D eigenvalue weighted by Gasteiger charge is -2.24. The van der Waals surface area contributed by atoms with Gasteiger partial charge in [0.2, 0.25) is 0 Å². The van der Waals surface area contributed by atoms with Crippen LogP contribution in [0.4, 0.5) is 5.82 Å². The highest BCUT2D eigenvalue weighted by Gasteiger charge is 2.17. The molecule has 0 aliphatic carbocycles. The number of unbranched alkanes of at least 4 members (excludes halogenated alkanes) is 1. The predicted molar refractivity (Wildman–Crippen MR) is 83.5 cm³/mol. The fraction of sp³-hybridized carbons (Fsp3) is 0.562. The van der Waals surface area contributed by atoms with Crippen LogP contribution in [0.2, 0.25) is 0 Å². The molecular weight excluding hydrogens is 234 g/mol. The first kappa shape index (κ1) is 15.7. The van der Waals surface area contributed by atoms with Crippen molar-refractivity contribution in [2.24, 2.45) is 5.73 Å².